The normalized spacial score (nSPS) is 28.8. The van der Waals surface area contributed by atoms with E-state index in [9.17, 15) is 9.90 Å². The maximum atomic E-state index is 12.5. The number of oxazole rings is 1. The molecule has 1 aromatic heterocycles. The minimum absolute atomic E-state index is 0.175. The quantitative estimate of drug-likeness (QED) is 0.834. The SMILES string of the molecule is O=C(N[C@@H]1C[C@@H](Oc2ccccc2)[C@H](O)[C@H]1N1CCCCC1)c1cnco1. The third-order valence-corrected chi connectivity index (χ3v) is 5.44. The second kappa shape index (κ2) is 8.10. The lowest BCUT2D eigenvalue weighted by Crippen LogP contribution is -2.54. The van der Waals surface area contributed by atoms with Gasteiger partial charge >= 0.3 is 0 Å². The topological polar surface area (TPSA) is 87.8 Å². The summed E-state index contributed by atoms with van der Waals surface area (Å²) in [5, 5.41) is 14.0. The fraction of sp³-hybridized carbons (Fsp3) is 0.500. The van der Waals surface area contributed by atoms with Gasteiger partial charge in [-0.05, 0) is 38.1 Å². The summed E-state index contributed by atoms with van der Waals surface area (Å²) in [6, 6.07) is 9.10. The predicted molar refractivity (Wildman–Crippen MR) is 98.5 cm³/mol. The number of ether oxygens (including phenoxy) is 1. The number of piperidine rings is 1. The highest BCUT2D eigenvalue weighted by atomic mass is 16.5. The van der Waals surface area contributed by atoms with Crippen molar-refractivity contribution >= 4 is 5.91 Å². The van der Waals surface area contributed by atoms with E-state index in [1.54, 1.807) is 0 Å². The number of aromatic nitrogens is 1. The van der Waals surface area contributed by atoms with E-state index in [2.05, 4.69) is 15.2 Å². The minimum Gasteiger partial charge on any atom is -0.488 e. The summed E-state index contributed by atoms with van der Waals surface area (Å²) in [4.78, 5) is 18.6. The molecule has 2 fully saturated rings. The Morgan fingerprint density at radius 3 is 2.70 bits per heavy atom. The number of carbonyl (C=O) groups is 1. The molecule has 0 bridgehead atoms. The lowest BCUT2D eigenvalue weighted by molar-refractivity contribution is 0.00141. The van der Waals surface area contributed by atoms with Gasteiger partial charge in [0.2, 0.25) is 5.76 Å². The van der Waals surface area contributed by atoms with E-state index in [4.69, 9.17) is 9.15 Å². The lowest BCUT2D eigenvalue weighted by atomic mass is 10.0. The zero-order valence-corrected chi connectivity index (χ0v) is 15.2. The summed E-state index contributed by atoms with van der Waals surface area (Å²) in [6.45, 7) is 1.85. The number of nitrogens with zero attached hydrogens (tertiary/aromatic N) is 2. The van der Waals surface area contributed by atoms with E-state index in [-0.39, 0.29) is 29.9 Å². The maximum Gasteiger partial charge on any atom is 0.288 e. The molecule has 7 nitrogen and oxygen atoms in total. The van der Waals surface area contributed by atoms with E-state index in [1.807, 2.05) is 30.3 Å². The molecule has 1 saturated heterocycles. The standard InChI is InChI=1S/C20H25N3O4/c24-19-16(27-14-7-3-1-4-8-14)11-15(18(19)23-9-5-2-6-10-23)22-20(25)17-12-21-13-26-17/h1,3-4,7-8,12-13,15-16,18-19,24H,2,5-6,9-11H2,(H,22,25)/t15-,16-,18+,19+/m1/s1. The number of hydrogen-bond donors (Lipinski definition) is 2. The molecule has 4 rings (SSSR count). The predicted octanol–water partition coefficient (Wildman–Crippen LogP) is 1.84. The Morgan fingerprint density at radius 1 is 1.22 bits per heavy atom. The molecule has 0 spiro atoms. The van der Waals surface area contributed by atoms with Gasteiger partial charge in [-0.1, -0.05) is 24.6 Å². The van der Waals surface area contributed by atoms with Crippen molar-refractivity contribution in [2.75, 3.05) is 13.1 Å². The summed E-state index contributed by atoms with van der Waals surface area (Å²) >= 11 is 0. The summed E-state index contributed by atoms with van der Waals surface area (Å²) in [7, 11) is 0. The fourth-order valence-corrected chi connectivity index (χ4v) is 4.18. The lowest BCUT2D eigenvalue weighted by Gasteiger charge is -2.37. The van der Waals surface area contributed by atoms with E-state index >= 15 is 0 Å². The molecule has 1 aliphatic carbocycles. The number of nitrogens with one attached hydrogen (secondary N) is 1. The van der Waals surface area contributed by atoms with Crippen molar-refractivity contribution in [1.82, 2.24) is 15.2 Å². The molecule has 2 heterocycles. The molecule has 1 saturated carbocycles. The van der Waals surface area contributed by atoms with Crippen LogP contribution in [0.2, 0.25) is 0 Å². The van der Waals surface area contributed by atoms with Crippen LogP contribution in [0.1, 0.15) is 36.2 Å². The van der Waals surface area contributed by atoms with Gasteiger partial charge in [-0.15, -0.1) is 0 Å². The monoisotopic (exact) mass is 371 g/mol. The van der Waals surface area contributed by atoms with Gasteiger partial charge in [-0.25, -0.2) is 4.98 Å². The van der Waals surface area contributed by atoms with E-state index < -0.39 is 6.10 Å². The molecule has 2 aliphatic rings. The molecular formula is C20H25N3O4. The average Bonchev–Trinajstić information content (AvgIpc) is 3.33. The van der Waals surface area contributed by atoms with Crippen molar-refractivity contribution in [1.29, 1.82) is 0 Å². The molecular weight excluding hydrogens is 346 g/mol. The number of likely N-dealkylation sites (tertiary alicyclic amines) is 1. The number of benzene rings is 1. The number of hydrogen-bond acceptors (Lipinski definition) is 6. The van der Waals surface area contributed by atoms with Gasteiger partial charge in [0.1, 0.15) is 18.0 Å². The van der Waals surface area contributed by atoms with Crippen LogP contribution < -0.4 is 10.1 Å². The molecule has 1 aromatic carbocycles. The zero-order chi connectivity index (χ0) is 18.6. The smallest absolute Gasteiger partial charge is 0.288 e. The first-order valence-corrected chi connectivity index (χ1v) is 9.55. The minimum atomic E-state index is -0.677. The molecule has 2 aromatic rings. The van der Waals surface area contributed by atoms with Crippen LogP contribution in [0.5, 0.6) is 5.75 Å². The van der Waals surface area contributed by atoms with Crippen LogP contribution >= 0.6 is 0 Å². The first kappa shape index (κ1) is 18.0. The average molecular weight is 371 g/mol. The van der Waals surface area contributed by atoms with Crippen LogP contribution in [0, 0.1) is 0 Å². The van der Waals surface area contributed by atoms with Crippen LogP contribution in [-0.4, -0.2) is 58.3 Å². The van der Waals surface area contributed by atoms with Crippen LogP contribution in [0.25, 0.3) is 0 Å². The molecule has 7 heteroatoms. The molecule has 4 atom stereocenters. The second-order valence-corrected chi connectivity index (χ2v) is 7.23. The van der Waals surface area contributed by atoms with Crippen molar-refractivity contribution < 1.29 is 19.1 Å². The van der Waals surface area contributed by atoms with Gasteiger partial charge in [-0.3, -0.25) is 9.69 Å². The fourth-order valence-electron chi connectivity index (χ4n) is 4.18. The molecule has 27 heavy (non-hydrogen) atoms. The van der Waals surface area contributed by atoms with Gasteiger partial charge in [0.15, 0.2) is 6.39 Å². The van der Waals surface area contributed by atoms with Gasteiger partial charge < -0.3 is 19.6 Å². The number of carbonyl (C=O) groups excluding carboxylic acids is 1. The number of para-hydroxylation sites is 1. The molecule has 2 N–H and O–H groups in total. The van der Waals surface area contributed by atoms with Crippen LogP contribution in [0.3, 0.4) is 0 Å². The summed E-state index contributed by atoms with van der Waals surface area (Å²) in [6.07, 6.45) is 5.54. The number of aliphatic hydroxyl groups excluding tert-OH is 1. The highest BCUT2D eigenvalue weighted by Crippen LogP contribution is 2.31. The Kier molecular flexibility index (Phi) is 5.40. The molecule has 1 amide bonds. The zero-order valence-electron chi connectivity index (χ0n) is 15.2. The van der Waals surface area contributed by atoms with Gasteiger partial charge in [0, 0.05) is 6.42 Å². The maximum absolute atomic E-state index is 12.5. The number of amides is 1. The van der Waals surface area contributed by atoms with Gasteiger partial charge in [-0.2, -0.15) is 0 Å². The van der Waals surface area contributed by atoms with Crippen LogP contribution in [-0.2, 0) is 0 Å². The van der Waals surface area contributed by atoms with Crippen molar-refractivity contribution in [2.24, 2.45) is 0 Å². The summed E-state index contributed by atoms with van der Waals surface area (Å²) in [5.41, 5.74) is 0. The molecule has 1 aliphatic heterocycles. The van der Waals surface area contributed by atoms with Gasteiger partial charge in [0.05, 0.1) is 18.3 Å². The highest BCUT2D eigenvalue weighted by molar-refractivity contribution is 5.91. The molecule has 0 radical (unpaired) electrons. The van der Waals surface area contributed by atoms with Crippen LogP contribution in [0.4, 0.5) is 0 Å². The first-order chi connectivity index (χ1) is 13.2. The first-order valence-electron chi connectivity index (χ1n) is 9.55. The third-order valence-electron chi connectivity index (χ3n) is 5.44. The van der Waals surface area contributed by atoms with Crippen molar-refractivity contribution in [3.8, 4) is 5.75 Å². The van der Waals surface area contributed by atoms with Crippen molar-refractivity contribution in [3.05, 3.63) is 48.7 Å². The van der Waals surface area contributed by atoms with Crippen molar-refractivity contribution in [3.63, 3.8) is 0 Å². The van der Waals surface area contributed by atoms with Gasteiger partial charge in [0.25, 0.3) is 5.91 Å². The largest absolute Gasteiger partial charge is 0.488 e. The highest BCUT2D eigenvalue weighted by Gasteiger charge is 2.47. The number of rotatable bonds is 5. The van der Waals surface area contributed by atoms with E-state index in [0.29, 0.717) is 6.42 Å². The Balaban J connectivity index is 1.51. The molecule has 144 valence electrons. The Bertz CT molecular complexity index is 731. The molecule has 0 unspecified atom stereocenters. The van der Waals surface area contributed by atoms with E-state index in [0.717, 1.165) is 31.7 Å². The Labute approximate surface area is 158 Å². The third kappa shape index (κ3) is 3.99. The van der Waals surface area contributed by atoms with Crippen molar-refractivity contribution in [2.45, 2.75) is 50.0 Å². The Hall–Kier alpha value is -2.38. The number of aliphatic hydroxyl groups is 1. The van der Waals surface area contributed by atoms with E-state index in [1.165, 1.54) is 19.0 Å². The summed E-state index contributed by atoms with van der Waals surface area (Å²) in [5.74, 6) is 0.586. The van der Waals surface area contributed by atoms with Crippen LogP contribution in [0.15, 0.2) is 47.3 Å². The summed E-state index contributed by atoms with van der Waals surface area (Å²) < 4.78 is 11.2. The Morgan fingerprint density at radius 2 is 2.00 bits per heavy atom. The second-order valence-electron chi connectivity index (χ2n) is 7.23.